The highest BCUT2D eigenvalue weighted by atomic mass is 32.2. The maximum absolute atomic E-state index is 15.1. The van der Waals surface area contributed by atoms with E-state index in [9.17, 15) is 36.4 Å². The van der Waals surface area contributed by atoms with Gasteiger partial charge in [-0.2, -0.15) is 0 Å². The number of aromatic nitrogens is 1. The Morgan fingerprint density at radius 3 is 2.59 bits per heavy atom. The number of alkyl carbamates (subject to hydrolysis) is 1. The molecule has 14 nitrogen and oxygen atoms in total. The molecule has 324 valence electrons. The summed E-state index contributed by atoms with van der Waals surface area (Å²) in [5.74, 6) is -4.87. The number of nitrogens with zero attached hydrogens (tertiary/aromatic N) is 2. The lowest BCUT2D eigenvalue weighted by atomic mass is 9.85. The third-order valence-electron chi connectivity index (χ3n) is 11.7. The number of sulfonamides is 1. The van der Waals surface area contributed by atoms with E-state index >= 15 is 4.39 Å². The average Bonchev–Trinajstić information content (AvgIpc) is 4.10. The van der Waals surface area contributed by atoms with Gasteiger partial charge in [-0.25, -0.2) is 31.4 Å². The first kappa shape index (κ1) is 39.8. The smallest absolute Gasteiger partial charge is 0.408 e. The second kappa shape index (κ2) is 16.8. The first-order valence-electron chi connectivity index (χ1n) is 21.5. The van der Waals surface area contributed by atoms with E-state index in [1.54, 1.807) is 32.1 Å². The molecule has 2 aromatic rings. The van der Waals surface area contributed by atoms with Crippen LogP contribution in [0.3, 0.4) is 0 Å². The van der Waals surface area contributed by atoms with Gasteiger partial charge in [0.25, 0.3) is 12.3 Å². The van der Waals surface area contributed by atoms with Gasteiger partial charge in [0.05, 0.1) is 17.9 Å². The predicted octanol–water partition coefficient (Wildman–Crippen LogP) is 5.54. The van der Waals surface area contributed by atoms with E-state index in [0.29, 0.717) is 31.1 Å². The van der Waals surface area contributed by atoms with Crippen LogP contribution in [-0.2, 0) is 29.1 Å². The molecule has 2 saturated carbocycles. The highest BCUT2D eigenvalue weighted by Gasteiger charge is 2.63. The summed E-state index contributed by atoms with van der Waals surface area (Å²) < 4.78 is 110. The number of alkyl halides is 2. The fourth-order valence-corrected chi connectivity index (χ4v) is 9.09. The molecular formula is C41H54F3N5O9S. The number of carbonyl (C=O) groups is 4. The molecule has 0 radical (unpaired) electrons. The van der Waals surface area contributed by atoms with Crippen LogP contribution in [-0.4, -0.2) is 95.8 Å². The average molecular weight is 853 g/mol. The van der Waals surface area contributed by atoms with E-state index in [2.05, 4.69) is 15.6 Å². The number of fused-ring (bicyclic) bond motifs is 3. The van der Waals surface area contributed by atoms with Gasteiger partial charge >= 0.3 is 6.09 Å². The summed E-state index contributed by atoms with van der Waals surface area (Å²) in [7, 11) is -4.76. The molecule has 3 N–H and O–H groups in total. The number of carbonyl (C=O) groups excluding carboxylic acids is 4. The highest BCUT2D eigenvalue weighted by molar-refractivity contribution is 7.91. The number of amides is 4. The zero-order valence-electron chi connectivity index (χ0n) is 36.7. The number of nitrogens with one attached hydrogen (secondary N) is 3. The van der Waals surface area contributed by atoms with Crippen LogP contribution in [0.15, 0.2) is 36.5 Å². The second-order valence-electron chi connectivity index (χ2n) is 16.7. The Morgan fingerprint density at radius 1 is 1.19 bits per heavy atom. The Balaban J connectivity index is 1.38. The number of pyridine rings is 1. The lowest BCUT2D eigenvalue weighted by Crippen LogP contribution is -2.59. The van der Waals surface area contributed by atoms with Crippen LogP contribution >= 0.6 is 0 Å². The minimum atomic E-state index is -4.76. The quantitative estimate of drug-likeness (QED) is 0.243. The molecule has 6 rings (SSSR count). The molecule has 0 spiro atoms. The van der Waals surface area contributed by atoms with Crippen LogP contribution in [0, 0.1) is 23.6 Å². The summed E-state index contributed by atoms with van der Waals surface area (Å²) in [6, 6.07) is 1.45. The van der Waals surface area contributed by atoms with E-state index in [-0.39, 0.29) is 61.8 Å². The van der Waals surface area contributed by atoms with Crippen molar-refractivity contribution in [1.82, 2.24) is 25.2 Å². The number of hydrogen-bond donors (Lipinski definition) is 3. The predicted molar refractivity (Wildman–Crippen MR) is 211 cm³/mol. The Morgan fingerprint density at radius 2 is 1.93 bits per heavy atom. The maximum atomic E-state index is 15.1. The third-order valence-corrected chi connectivity index (χ3v) is 13.6. The molecule has 59 heavy (non-hydrogen) atoms. The summed E-state index contributed by atoms with van der Waals surface area (Å²) in [4.78, 5) is 62.4. The molecule has 0 unspecified atom stereocenters. The van der Waals surface area contributed by atoms with Gasteiger partial charge in [-0.1, -0.05) is 32.4 Å². The second-order valence-corrected chi connectivity index (χ2v) is 18.7. The summed E-state index contributed by atoms with van der Waals surface area (Å²) in [5.41, 5.74) is -4.07. The van der Waals surface area contributed by atoms with E-state index in [1.807, 2.05) is 11.6 Å². The molecule has 3 heterocycles. The molecule has 1 aromatic carbocycles. The number of ether oxygens (including phenoxy) is 3. The number of halogens is 3. The third kappa shape index (κ3) is 9.26. The van der Waals surface area contributed by atoms with Crippen molar-refractivity contribution in [2.45, 2.75) is 133 Å². The Hall–Kier alpha value is -4.61. The van der Waals surface area contributed by atoms with Crippen molar-refractivity contribution in [2.24, 2.45) is 17.8 Å². The van der Waals surface area contributed by atoms with E-state index < -0.39 is 98.8 Å². The standard InChI is InChI=1S/C41H54F3N5O9S/c1-7-24-17-23(3)11-9-10-12-26-21-41(26,37(52)48-59(54,55)40(6)14-15-40)47-33(50)30-19-27(22-49(30)35(51)32(24)46-38(53)58-39(4,5)36(43)44)57-34-28-20-29(42)31(56-8-2)18-25(28)13-16-45-34/h10,12-13,16,18,20,23-24,26-27,30,32,36H,7-9,11,14-15,17,19,21-22H2,1-6H3,(H,46,53)(H,47,50)(H,48,52)/b12-10-/t23-,24+,26+,27+,30-,32-,41+/m0/s1/i6D3. The number of benzene rings is 1. The van der Waals surface area contributed by atoms with Gasteiger partial charge in [-0.15, -0.1) is 0 Å². The molecular weight excluding hydrogens is 796 g/mol. The Bertz CT molecular complexity index is 2210. The molecule has 3 fully saturated rings. The van der Waals surface area contributed by atoms with E-state index in [4.69, 9.17) is 18.3 Å². The Kier molecular flexibility index (Phi) is 11.3. The van der Waals surface area contributed by atoms with E-state index in [0.717, 1.165) is 18.7 Å². The number of hydrogen-bond acceptors (Lipinski definition) is 10. The summed E-state index contributed by atoms with van der Waals surface area (Å²) >= 11 is 0. The molecule has 2 aliphatic heterocycles. The molecule has 4 aliphatic rings. The van der Waals surface area contributed by atoms with Gasteiger partial charge in [0.15, 0.2) is 17.2 Å². The van der Waals surface area contributed by atoms with Gasteiger partial charge in [0, 0.05) is 28.0 Å². The zero-order chi connectivity index (χ0) is 45.6. The normalized spacial score (nSPS) is 29.9. The zero-order valence-corrected chi connectivity index (χ0v) is 34.5. The van der Waals surface area contributed by atoms with Gasteiger partial charge in [0.1, 0.15) is 23.7 Å². The SMILES string of the molecule is [2H]C([2H])([2H])C1(S(=O)(=O)NC(=O)[C@@]23C[C@H]2/C=C\CC[C@H](C)C[C@@H](CC)[C@H](NC(=O)OC(C)(C)C(F)F)C(=O)N2C[C@H](Oc4nccc5cc(OCC)c(F)cc45)C[C@H]2C(=O)N3)CC1. The molecule has 2 aliphatic carbocycles. The molecule has 18 heteroatoms. The van der Waals surface area contributed by atoms with Gasteiger partial charge < -0.3 is 29.7 Å². The summed E-state index contributed by atoms with van der Waals surface area (Å²) in [6.07, 6.45) is 0.711. The summed E-state index contributed by atoms with van der Waals surface area (Å²) in [6.45, 7) is 4.46. The van der Waals surface area contributed by atoms with Crippen LogP contribution in [0.4, 0.5) is 18.0 Å². The molecule has 4 amide bonds. The Labute approximate surface area is 346 Å². The number of allylic oxidation sites excluding steroid dienone is 1. The van der Waals surface area contributed by atoms with Crippen LogP contribution in [0.5, 0.6) is 11.6 Å². The molecule has 1 aromatic heterocycles. The van der Waals surface area contributed by atoms with Crippen molar-refractivity contribution in [2.75, 3.05) is 13.2 Å². The van der Waals surface area contributed by atoms with Gasteiger partial charge in [-0.3, -0.25) is 19.1 Å². The first-order chi connectivity index (χ1) is 29.0. The minimum absolute atomic E-state index is 0.00434. The summed E-state index contributed by atoms with van der Waals surface area (Å²) in [5, 5.41) is 5.99. The fourth-order valence-electron chi connectivity index (χ4n) is 7.83. The fraction of sp³-hybridized carbons (Fsp3) is 0.634. The lowest BCUT2D eigenvalue weighted by molar-refractivity contribution is -0.142. The van der Waals surface area contributed by atoms with E-state index in [1.165, 1.54) is 18.3 Å². The lowest BCUT2D eigenvalue weighted by Gasteiger charge is -2.34. The van der Waals surface area contributed by atoms with Gasteiger partial charge in [-0.05, 0) is 102 Å². The number of rotatable bonds is 11. The molecule has 0 bridgehead atoms. The topological polar surface area (TPSA) is 182 Å². The van der Waals surface area contributed by atoms with Crippen molar-refractivity contribution in [3.63, 3.8) is 0 Å². The maximum Gasteiger partial charge on any atom is 0.408 e. The van der Waals surface area contributed by atoms with Crippen molar-refractivity contribution in [3.8, 4) is 11.6 Å². The van der Waals surface area contributed by atoms with Crippen molar-refractivity contribution < 1.29 is 59.1 Å². The highest BCUT2D eigenvalue weighted by Crippen LogP contribution is 2.48. The van der Waals surface area contributed by atoms with Crippen LogP contribution in [0.2, 0.25) is 0 Å². The van der Waals surface area contributed by atoms with Crippen molar-refractivity contribution in [1.29, 1.82) is 0 Å². The first-order valence-corrected chi connectivity index (χ1v) is 21.5. The monoisotopic (exact) mass is 852 g/mol. The van der Waals surface area contributed by atoms with Crippen LogP contribution in [0.1, 0.15) is 96.9 Å². The van der Waals surface area contributed by atoms with Crippen LogP contribution in [0.25, 0.3) is 10.8 Å². The van der Waals surface area contributed by atoms with Crippen molar-refractivity contribution >= 4 is 44.6 Å². The molecule has 7 atom stereocenters. The van der Waals surface area contributed by atoms with Gasteiger partial charge in [0.2, 0.25) is 27.7 Å². The largest absolute Gasteiger partial charge is 0.491 e. The van der Waals surface area contributed by atoms with Crippen molar-refractivity contribution in [3.05, 3.63) is 42.4 Å². The minimum Gasteiger partial charge on any atom is -0.491 e. The van der Waals surface area contributed by atoms with Crippen LogP contribution < -0.4 is 24.8 Å². The molecule has 1 saturated heterocycles.